The molecular weight excluding hydrogens is 222 g/mol. The summed E-state index contributed by atoms with van der Waals surface area (Å²) in [4.78, 5) is 12.7. The lowest BCUT2D eigenvalue weighted by Crippen LogP contribution is -1.91. The molecule has 0 N–H and O–H groups in total. The molecule has 1 aromatic heterocycles. The van der Waals surface area contributed by atoms with Crippen molar-refractivity contribution in [1.29, 1.82) is 0 Å². The van der Waals surface area contributed by atoms with Crippen molar-refractivity contribution in [3.63, 3.8) is 0 Å². The summed E-state index contributed by atoms with van der Waals surface area (Å²) in [5.74, 6) is 0. The predicted octanol–water partition coefficient (Wildman–Crippen LogP) is 2.62. The quantitative estimate of drug-likeness (QED) is 0.582. The van der Waals surface area contributed by atoms with Crippen LogP contribution in [-0.4, -0.2) is 30.5 Å². The second kappa shape index (κ2) is 7.12. The molecule has 0 saturated heterocycles. The lowest BCUT2D eigenvalue weighted by molar-refractivity contribution is 0.983. The van der Waals surface area contributed by atoms with E-state index in [9.17, 15) is 0 Å². The molecular formula is C15H15N3. The fourth-order valence-corrected chi connectivity index (χ4v) is 1.43. The van der Waals surface area contributed by atoms with E-state index in [4.69, 9.17) is 0 Å². The van der Waals surface area contributed by atoms with Crippen molar-refractivity contribution in [1.82, 2.24) is 4.98 Å². The molecule has 0 amide bonds. The molecule has 90 valence electrons. The first kappa shape index (κ1) is 12.2. The van der Waals surface area contributed by atoms with Crippen LogP contribution >= 0.6 is 0 Å². The molecule has 0 unspecified atom stereocenters. The van der Waals surface area contributed by atoms with Crippen LogP contribution < -0.4 is 0 Å². The highest BCUT2D eigenvalue weighted by atomic mass is 14.8. The Labute approximate surface area is 107 Å². The Morgan fingerprint density at radius 2 is 1.56 bits per heavy atom. The van der Waals surface area contributed by atoms with Crippen molar-refractivity contribution < 1.29 is 0 Å². The zero-order valence-electron chi connectivity index (χ0n) is 10.1. The van der Waals surface area contributed by atoms with Crippen LogP contribution in [0.2, 0.25) is 0 Å². The van der Waals surface area contributed by atoms with Crippen LogP contribution in [0.4, 0.5) is 0 Å². The van der Waals surface area contributed by atoms with Gasteiger partial charge in [-0.25, -0.2) is 0 Å². The maximum absolute atomic E-state index is 4.31. The molecule has 0 saturated carbocycles. The van der Waals surface area contributed by atoms with Crippen LogP contribution in [0.25, 0.3) is 0 Å². The number of hydrogen-bond acceptors (Lipinski definition) is 3. The van der Waals surface area contributed by atoms with Crippen LogP contribution in [-0.2, 0) is 0 Å². The molecule has 3 heteroatoms. The molecule has 0 fully saturated rings. The summed E-state index contributed by atoms with van der Waals surface area (Å²) >= 11 is 0. The Balaban J connectivity index is 1.73. The van der Waals surface area contributed by atoms with Gasteiger partial charge in [0.15, 0.2) is 0 Å². The van der Waals surface area contributed by atoms with E-state index in [1.807, 2.05) is 54.7 Å². The monoisotopic (exact) mass is 237 g/mol. The molecule has 0 aliphatic carbocycles. The van der Waals surface area contributed by atoms with E-state index < -0.39 is 0 Å². The summed E-state index contributed by atoms with van der Waals surface area (Å²) in [7, 11) is 0. The van der Waals surface area contributed by atoms with Gasteiger partial charge in [0.05, 0.1) is 18.8 Å². The predicted molar refractivity (Wildman–Crippen MR) is 75.6 cm³/mol. The van der Waals surface area contributed by atoms with E-state index in [0.717, 1.165) is 11.3 Å². The topological polar surface area (TPSA) is 37.6 Å². The van der Waals surface area contributed by atoms with Crippen molar-refractivity contribution in [2.45, 2.75) is 0 Å². The zero-order valence-corrected chi connectivity index (χ0v) is 10.1. The van der Waals surface area contributed by atoms with Gasteiger partial charge in [-0.3, -0.25) is 15.0 Å². The second-order valence-corrected chi connectivity index (χ2v) is 3.74. The molecule has 18 heavy (non-hydrogen) atoms. The molecule has 1 aromatic carbocycles. The Morgan fingerprint density at radius 1 is 0.833 bits per heavy atom. The van der Waals surface area contributed by atoms with Crippen LogP contribution in [0.15, 0.2) is 64.7 Å². The van der Waals surface area contributed by atoms with Crippen molar-refractivity contribution in [2.75, 3.05) is 13.1 Å². The molecule has 2 aromatic rings. The summed E-state index contributed by atoms with van der Waals surface area (Å²) < 4.78 is 0. The molecule has 1 heterocycles. The smallest absolute Gasteiger partial charge is 0.0807 e. The van der Waals surface area contributed by atoms with E-state index >= 15 is 0 Å². The normalized spacial score (nSPS) is 11.3. The van der Waals surface area contributed by atoms with Gasteiger partial charge in [0, 0.05) is 18.6 Å². The van der Waals surface area contributed by atoms with Gasteiger partial charge in [-0.05, 0) is 17.7 Å². The van der Waals surface area contributed by atoms with Crippen molar-refractivity contribution in [3.8, 4) is 0 Å². The average Bonchev–Trinajstić information content (AvgIpc) is 2.45. The average molecular weight is 237 g/mol. The van der Waals surface area contributed by atoms with Gasteiger partial charge in [-0.2, -0.15) is 0 Å². The van der Waals surface area contributed by atoms with E-state index in [1.54, 1.807) is 12.4 Å². The number of aromatic nitrogens is 1. The Kier molecular flexibility index (Phi) is 4.81. The summed E-state index contributed by atoms with van der Waals surface area (Å²) in [5, 5.41) is 0. The van der Waals surface area contributed by atoms with Gasteiger partial charge in [0.2, 0.25) is 0 Å². The maximum atomic E-state index is 4.31. The molecule has 0 spiro atoms. The van der Waals surface area contributed by atoms with E-state index in [2.05, 4.69) is 15.0 Å². The number of rotatable bonds is 5. The van der Waals surface area contributed by atoms with Gasteiger partial charge in [-0.1, -0.05) is 36.4 Å². The first-order valence-corrected chi connectivity index (χ1v) is 5.91. The molecule has 0 aliphatic heterocycles. The van der Waals surface area contributed by atoms with Crippen LogP contribution in [0, 0.1) is 0 Å². The van der Waals surface area contributed by atoms with Gasteiger partial charge < -0.3 is 0 Å². The van der Waals surface area contributed by atoms with Crippen molar-refractivity contribution >= 4 is 12.4 Å². The minimum Gasteiger partial charge on any atom is -0.291 e. The summed E-state index contributed by atoms with van der Waals surface area (Å²) in [5.41, 5.74) is 2.00. The van der Waals surface area contributed by atoms with Crippen molar-refractivity contribution in [3.05, 3.63) is 66.0 Å². The summed E-state index contributed by atoms with van der Waals surface area (Å²) in [6.07, 6.45) is 5.41. The number of nitrogens with zero attached hydrogens (tertiary/aromatic N) is 3. The third-order valence-corrected chi connectivity index (χ3v) is 2.31. The second-order valence-electron chi connectivity index (χ2n) is 3.74. The first-order valence-electron chi connectivity index (χ1n) is 5.91. The van der Waals surface area contributed by atoms with E-state index in [-0.39, 0.29) is 0 Å². The molecule has 3 nitrogen and oxygen atoms in total. The van der Waals surface area contributed by atoms with Gasteiger partial charge in [0.1, 0.15) is 0 Å². The zero-order chi connectivity index (χ0) is 12.5. The number of pyridine rings is 1. The van der Waals surface area contributed by atoms with E-state index in [0.29, 0.717) is 13.1 Å². The minimum atomic E-state index is 0.680. The summed E-state index contributed by atoms with van der Waals surface area (Å²) in [6.45, 7) is 1.37. The molecule has 0 atom stereocenters. The lowest BCUT2D eigenvalue weighted by Gasteiger charge is -1.92. The highest BCUT2D eigenvalue weighted by Crippen LogP contribution is 1.93. The van der Waals surface area contributed by atoms with Crippen LogP contribution in [0.1, 0.15) is 11.3 Å². The number of hydrogen-bond donors (Lipinski definition) is 0. The Bertz CT molecular complexity index is 454. The molecule has 2 rings (SSSR count). The van der Waals surface area contributed by atoms with Crippen LogP contribution in [0.3, 0.4) is 0 Å². The molecule has 0 radical (unpaired) electrons. The Morgan fingerprint density at radius 3 is 2.28 bits per heavy atom. The largest absolute Gasteiger partial charge is 0.291 e. The Hall–Kier alpha value is -2.29. The highest BCUT2D eigenvalue weighted by Gasteiger charge is 1.85. The standard InChI is InChI=1S/C15H15N3/c1-2-6-14(7-3-1)12-16-10-11-17-13-15-8-4-5-9-18-15/h1-9,12-13H,10-11H2/b16-12+,17-13+. The molecule has 0 aliphatic rings. The number of aliphatic imine (C=N–C) groups is 2. The highest BCUT2D eigenvalue weighted by molar-refractivity contribution is 5.79. The maximum Gasteiger partial charge on any atom is 0.0807 e. The fourth-order valence-electron chi connectivity index (χ4n) is 1.43. The van der Waals surface area contributed by atoms with Crippen LogP contribution in [0.5, 0.6) is 0 Å². The first-order chi connectivity index (χ1) is 8.95. The van der Waals surface area contributed by atoms with E-state index in [1.165, 1.54) is 0 Å². The lowest BCUT2D eigenvalue weighted by atomic mass is 10.2. The minimum absolute atomic E-state index is 0.680. The van der Waals surface area contributed by atoms with Gasteiger partial charge in [0.25, 0.3) is 0 Å². The summed E-state index contributed by atoms with van der Waals surface area (Å²) in [6, 6.07) is 15.8. The number of benzene rings is 1. The van der Waals surface area contributed by atoms with Gasteiger partial charge in [-0.15, -0.1) is 0 Å². The third kappa shape index (κ3) is 4.29. The fraction of sp³-hybridized carbons (Fsp3) is 0.133. The van der Waals surface area contributed by atoms with Crippen molar-refractivity contribution in [2.24, 2.45) is 9.98 Å². The molecule has 0 bridgehead atoms. The van der Waals surface area contributed by atoms with Gasteiger partial charge >= 0.3 is 0 Å². The third-order valence-electron chi connectivity index (χ3n) is 2.31. The SMILES string of the molecule is C(=N\CC/N=C/c1ccccn1)/c1ccccc1.